The molecule has 0 aromatic heterocycles. The topological polar surface area (TPSA) is 85.3 Å². The van der Waals surface area contributed by atoms with E-state index in [-0.39, 0.29) is 18.1 Å². The fourth-order valence-electron chi connectivity index (χ4n) is 2.73. The van der Waals surface area contributed by atoms with Crippen LogP contribution >= 0.6 is 11.8 Å². The maximum atomic E-state index is 12.5. The molecule has 1 heterocycles. The number of nitrogens with two attached hydrogens (primary N) is 1. The maximum Gasteiger partial charge on any atom is 0.338 e. The molecule has 5 nitrogen and oxygen atoms in total. The van der Waals surface area contributed by atoms with E-state index in [1.807, 2.05) is 24.3 Å². The van der Waals surface area contributed by atoms with Crippen molar-refractivity contribution in [1.29, 1.82) is 5.26 Å². The molecule has 0 saturated heterocycles. The molecule has 0 aliphatic carbocycles. The second-order valence-corrected chi connectivity index (χ2v) is 7.49. The molecule has 1 unspecified atom stereocenters. The molecule has 0 saturated carbocycles. The van der Waals surface area contributed by atoms with Crippen molar-refractivity contribution < 1.29 is 14.3 Å². The van der Waals surface area contributed by atoms with Crippen LogP contribution in [-0.4, -0.2) is 18.3 Å². The van der Waals surface area contributed by atoms with Crippen LogP contribution in [0.15, 0.2) is 51.9 Å². The maximum absolute atomic E-state index is 12.5. The normalized spacial score (nSPS) is 17.2. The summed E-state index contributed by atoms with van der Waals surface area (Å²) in [7, 11) is 0. The number of hydrogen-bond donors (Lipinski definition) is 1. The Morgan fingerprint density at radius 1 is 1.46 bits per heavy atom. The van der Waals surface area contributed by atoms with E-state index in [9.17, 15) is 10.1 Å². The first kappa shape index (κ1) is 19.9. The van der Waals surface area contributed by atoms with Crippen LogP contribution in [-0.2, 0) is 14.3 Å². The van der Waals surface area contributed by atoms with Crippen molar-refractivity contribution in [3.63, 3.8) is 0 Å². The zero-order valence-corrected chi connectivity index (χ0v) is 16.4. The van der Waals surface area contributed by atoms with Crippen molar-refractivity contribution in [2.75, 3.05) is 12.4 Å². The Kier molecular flexibility index (Phi) is 6.76. The van der Waals surface area contributed by atoms with Gasteiger partial charge in [-0.15, -0.1) is 11.8 Å². The van der Waals surface area contributed by atoms with Gasteiger partial charge in [0.1, 0.15) is 17.4 Å². The number of hydrogen-bond acceptors (Lipinski definition) is 6. The highest BCUT2D eigenvalue weighted by Gasteiger charge is 2.36. The fourth-order valence-corrected chi connectivity index (χ4v) is 3.65. The Hall–Kier alpha value is -2.39. The number of thioether (sulfide) groups is 1. The molecule has 0 spiro atoms. The molecule has 1 aromatic carbocycles. The molecule has 0 fully saturated rings. The van der Waals surface area contributed by atoms with Gasteiger partial charge < -0.3 is 15.2 Å². The van der Waals surface area contributed by atoms with Crippen molar-refractivity contribution in [2.24, 2.45) is 11.7 Å². The molecule has 1 aliphatic rings. The third kappa shape index (κ3) is 4.41. The minimum atomic E-state index is -0.590. The zero-order chi connectivity index (χ0) is 19.3. The number of nitriles is 1. The first-order valence-corrected chi connectivity index (χ1v) is 9.55. The van der Waals surface area contributed by atoms with Gasteiger partial charge in [0.15, 0.2) is 0 Å². The van der Waals surface area contributed by atoms with Gasteiger partial charge in [-0.05, 0) is 37.5 Å². The molecule has 1 atom stereocenters. The van der Waals surface area contributed by atoms with Crippen molar-refractivity contribution in [3.8, 4) is 6.07 Å². The molecule has 0 amide bonds. The Morgan fingerprint density at radius 3 is 2.81 bits per heavy atom. The summed E-state index contributed by atoms with van der Waals surface area (Å²) in [5.41, 5.74) is 7.30. The van der Waals surface area contributed by atoms with Crippen molar-refractivity contribution in [1.82, 2.24) is 0 Å². The summed E-state index contributed by atoms with van der Waals surface area (Å²) >= 11 is 1.74. The predicted molar refractivity (Wildman–Crippen MR) is 102 cm³/mol. The Labute approximate surface area is 158 Å². The van der Waals surface area contributed by atoms with E-state index in [2.05, 4.69) is 19.9 Å². The summed E-state index contributed by atoms with van der Waals surface area (Å²) in [5.74, 6) is 0.866. The van der Waals surface area contributed by atoms with Gasteiger partial charge >= 0.3 is 5.97 Å². The number of esters is 1. The highest BCUT2D eigenvalue weighted by Crippen LogP contribution is 2.40. The van der Waals surface area contributed by atoms with Gasteiger partial charge in [0.25, 0.3) is 0 Å². The number of nitrogens with zero attached hydrogens (tertiary/aromatic N) is 1. The summed E-state index contributed by atoms with van der Waals surface area (Å²) in [4.78, 5) is 13.6. The van der Waals surface area contributed by atoms with Crippen LogP contribution in [0, 0.1) is 17.2 Å². The lowest BCUT2D eigenvalue weighted by atomic mass is 9.83. The summed E-state index contributed by atoms with van der Waals surface area (Å²) in [5, 5.41) is 9.61. The Morgan fingerprint density at radius 2 is 2.19 bits per heavy atom. The zero-order valence-electron chi connectivity index (χ0n) is 15.5. The van der Waals surface area contributed by atoms with Crippen molar-refractivity contribution >= 4 is 17.7 Å². The van der Waals surface area contributed by atoms with Crippen LogP contribution in [0.3, 0.4) is 0 Å². The number of allylic oxidation sites excluding steroid dienone is 2. The molecule has 2 rings (SSSR count). The third-order valence-corrected chi connectivity index (χ3v) is 5.30. The highest BCUT2D eigenvalue weighted by atomic mass is 32.2. The second-order valence-electron chi connectivity index (χ2n) is 6.39. The van der Waals surface area contributed by atoms with Gasteiger partial charge in [0.2, 0.25) is 5.88 Å². The number of carbonyl (C=O) groups excluding carboxylic acids is 1. The SMILES string of the molecule is CCOC(=O)C1=C(C)OC(N)=C(C#N)C1c1cccc(SCC(C)C)c1. The number of benzene rings is 1. The van der Waals surface area contributed by atoms with Crippen LogP contribution in [0.1, 0.15) is 39.2 Å². The van der Waals surface area contributed by atoms with Gasteiger partial charge in [-0.1, -0.05) is 26.0 Å². The predicted octanol–water partition coefficient (Wildman–Crippen LogP) is 4.08. The lowest BCUT2D eigenvalue weighted by molar-refractivity contribution is -0.139. The van der Waals surface area contributed by atoms with Gasteiger partial charge in [-0.3, -0.25) is 0 Å². The molecule has 0 radical (unpaired) electrons. The minimum absolute atomic E-state index is 0.0308. The molecule has 2 N–H and O–H groups in total. The lowest BCUT2D eigenvalue weighted by Crippen LogP contribution is -2.25. The Bertz CT molecular complexity index is 790. The fraction of sp³-hybridized carbons (Fsp3) is 0.400. The van der Waals surface area contributed by atoms with Crippen LogP contribution < -0.4 is 5.73 Å². The summed E-state index contributed by atoms with van der Waals surface area (Å²) in [6.45, 7) is 7.98. The largest absolute Gasteiger partial charge is 0.463 e. The van der Waals surface area contributed by atoms with E-state index in [1.54, 1.807) is 25.6 Å². The van der Waals surface area contributed by atoms with Crippen LogP contribution in [0.2, 0.25) is 0 Å². The molecule has 138 valence electrons. The minimum Gasteiger partial charge on any atom is -0.463 e. The molecular weight excluding hydrogens is 348 g/mol. The van der Waals surface area contributed by atoms with Gasteiger partial charge in [-0.25, -0.2) is 4.79 Å². The second kappa shape index (κ2) is 8.81. The van der Waals surface area contributed by atoms with Crippen LogP contribution in [0.25, 0.3) is 0 Å². The van der Waals surface area contributed by atoms with E-state index < -0.39 is 11.9 Å². The first-order chi connectivity index (χ1) is 12.4. The smallest absolute Gasteiger partial charge is 0.338 e. The number of ether oxygens (including phenoxy) is 2. The lowest BCUT2D eigenvalue weighted by Gasteiger charge is -2.27. The Balaban J connectivity index is 2.50. The van der Waals surface area contributed by atoms with Crippen molar-refractivity contribution in [2.45, 2.75) is 38.5 Å². The van der Waals surface area contributed by atoms with Gasteiger partial charge in [0.05, 0.1) is 18.1 Å². The van der Waals surface area contributed by atoms with E-state index in [1.165, 1.54) is 0 Å². The average molecular weight is 372 g/mol. The summed E-state index contributed by atoms with van der Waals surface area (Å²) in [6, 6.07) is 9.95. The average Bonchev–Trinajstić information content (AvgIpc) is 2.59. The molecule has 1 aliphatic heterocycles. The summed E-state index contributed by atoms with van der Waals surface area (Å²) in [6.07, 6.45) is 0. The van der Waals surface area contributed by atoms with Gasteiger partial charge in [0, 0.05) is 10.6 Å². The van der Waals surface area contributed by atoms with Crippen LogP contribution in [0.5, 0.6) is 0 Å². The van der Waals surface area contributed by atoms with E-state index in [0.29, 0.717) is 17.3 Å². The third-order valence-electron chi connectivity index (χ3n) is 3.88. The molecule has 0 bridgehead atoms. The highest BCUT2D eigenvalue weighted by molar-refractivity contribution is 7.99. The molecule has 26 heavy (non-hydrogen) atoms. The van der Waals surface area contributed by atoms with E-state index in [0.717, 1.165) is 16.2 Å². The molecular formula is C20H24N2O3S. The van der Waals surface area contributed by atoms with E-state index >= 15 is 0 Å². The van der Waals surface area contributed by atoms with Crippen LogP contribution in [0.4, 0.5) is 0 Å². The summed E-state index contributed by atoms with van der Waals surface area (Å²) < 4.78 is 10.6. The monoisotopic (exact) mass is 372 g/mol. The number of carbonyl (C=O) groups is 1. The molecule has 1 aromatic rings. The van der Waals surface area contributed by atoms with Gasteiger partial charge in [-0.2, -0.15) is 5.26 Å². The van der Waals surface area contributed by atoms with Crippen molar-refractivity contribution in [3.05, 3.63) is 52.6 Å². The first-order valence-electron chi connectivity index (χ1n) is 8.57. The quantitative estimate of drug-likeness (QED) is 0.598. The standard InChI is InChI=1S/C20H24N2O3S/c1-5-24-20(23)17-13(4)25-19(22)16(10-21)18(17)14-7-6-8-15(9-14)26-11-12(2)3/h6-9,12,18H,5,11,22H2,1-4H3. The van der Waals surface area contributed by atoms with E-state index in [4.69, 9.17) is 15.2 Å². The number of rotatable bonds is 6. The molecule has 6 heteroatoms.